The van der Waals surface area contributed by atoms with Crippen molar-refractivity contribution in [2.75, 3.05) is 4.90 Å². The summed E-state index contributed by atoms with van der Waals surface area (Å²) in [4.78, 5) is 2.48. The molecule has 232 valence electrons. The summed E-state index contributed by atoms with van der Waals surface area (Å²) >= 11 is 1.87. The van der Waals surface area contributed by atoms with Gasteiger partial charge in [-0.1, -0.05) is 148 Å². The molecule has 0 bridgehead atoms. The van der Waals surface area contributed by atoms with Crippen LogP contribution < -0.4 is 4.90 Å². The fourth-order valence-corrected chi connectivity index (χ4v) is 8.09. The monoisotopic (exact) mass is 635 g/mol. The third-order valence-corrected chi connectivity index (χ3v) is 10.3. The summed E-state index contributed by atoms with van der Waals surface area (Å²) in [5.74, 6) is 0. The fourth-order valence-electron chi connectivity index (χ4n) is 6.95. The molecule has 0 amide bonds. The molecule has 2 heteroatoms. The van der Waals surface area contributed by atoms with Gasteiger partial charge in [-0.25, -0.2) is 0 Å². The molecule has 8 aromatic rings. The van der Waals surface area contributed by atoms with Gasteiger partial charge in [-0.2, -0.15) is 0 Å². The summed E-state index contributed by atoms with van der Waals surface area (Å²) < 4.78 is 2.61. The van der Waals surface area contributed by atoms with Crippen molar-refractivity contribution >= 4 is 48.6 Å². The number of fused-ring (bicyclic) bond motifs is 3. The highest BCUT2D eigenvalue weighted by atomic mass is 32.1. The van der Waals surface area contributed by atoms with Gasteiger partial charge in [0, 0.05) is 31.5 Å². The summed E-state index contributed by atoms with van der Waals surface area (Å²) in [5.41, 5.74) is 11.9. The van der Waals surface area contributed by atoms with Crippen LogP contribution in [0.25, 0.3) is 53.6 Å². The first kappa shape index (κ1) is 29.9. The Balaban J connectivity index is 1.42. The van der Waals surface area contributed by atoms with Crippen molar-refractivity contribution in [3.63, 3.8) is 0 Å². The topological polar surface area (TPSA) is 3.24 Å². The minimum Gasteiger partial charge on any atom is -0.310 e. The zero-order valence-corrected chi connectivity index (χ0v) is 28.3. The molecule has 0 spiro atoms. The Morgan fingerprint density at radius 3 is 1.58 bits per heavy atom. The van der Waals surface area contributed by atoms with E-state index >= 15 is 0 Å². The molecule has 1 aromatic heterocycles. The highest BCUT2D eigenvalue weighted by molar-refractivity contribution is 7.25. The molecule has 0 atom stereocenters. The van der Waals surface area contributed by atoms with Gasteiger partial charge in [-0.05, 0) is 86.8 Å². The van der Waals surface area contributed by atoms with E-state index in [4.69, 9.17) is 0 Å². The van der Waals surface area contributed by atoms with Crippen molar-refractivity contribution < 1.29 is 0 Å². The molecule has 0 saturated carbocycles. The second-order valence-electron chi connectivity index (χ2n) is 13.4. The van der Waals surface area contributed by atoms with Crippen molar-refractivity contribution in [3.05, 3.63) is 175 Å². The average molecular weight is 636 g/mol. The zero-order valence-electron chi connectivity index (χ0n) is 27.5. The van der Waals surface area contributed by atoms with Gasteiger partial charge in [-0.3, -0.25) is 0 Å². The number of rotatable bonds is 6. The lowest BCUT2D eigenvalue weighted by Gasteiger charge is -2.34. The van der Waals surface area contributed by atoms with Crippen LogP contribution in [0.1, 0.15) is 26.3 Å². The molecule has 1 heterocycles. The maximum atomic E-state index is 2.48. The molecule has 0 aliphatic rings. The van der Waals surface area contributed by atoms with Crippen molar-refractivity contribution in [2.45, 2.75) is 26.2 Å². The Hall–Kier alpha value is -5.44. The van der Waals surface area contributed by atoms with E-state index < -0.39 is 0 Å². The fraction of sp³-hybridized carbons (Fsp3) is 0.0870. The number of anilines is 3. The van der Waals surface area contributed by atoms with Crippen LogP contribution in [0.4, 0.5) is 17.1 Å². The van der Waals surface area contributed by atoms with Crippen molar-refractivity contribution in [2.24, 2.45) is 0 Å². The highest BCUT2D eigenvalue weighted by Gasteiger charge is 2.28. The Labute approximate surface area is 287 Å². The quantitative estimate of drug-likeness (QED) is 0.176. The predicted molar refractivity (Wildman–Crippen MR) is 209 cm³/mol. The van der Waals surface area contributed by atoms with E-state index in [9.17, 15) is 0 Å². The number of hydrogen-bond acceptors (Lipinski definition) is 2. The van der Waals surface area contributed by atoms with Gasteiger partial charge in [0.25, 0.3) is 0 Å². The van der Waals surface area contributed by atoms with E-state index in [0.717, 1.165) is 11.4 Å². The third-order valence-electron chi connectivity index (χ3n) is 9.15. The molecule has 8 rings (SSSR count). The van der Waals surface area contributed by atoms with Gasteiger partial charge in [0.2, 0.25) is 0 Å². The van der Waals surface area contributed by atoms with Gasteiger partial charge < -0.3 is 4.90 Å². The van der Waals surface area contributed by atoms with Crippen LogP contribution in [0.5, 0.6) is 0 Å². The van der Waals surface area contributed by atoms with Gasteiger partial charge in [0.05, 0.1) is 5.69 Å². The largest absolute Gasteiger partial charge is 0.310 e. The minimum atomic E-state index is -0.153. The molecule has 0 radical (unpaired) electrons. The van der Waals surface area contributed by atoms with Gasteiger partial charge in [0.1, 0.15) is 0 Å². The first-order chi connectivity index (χ1) is 23.4. The van der Waals surface area contributed by atoms with E-state index in [2.05, 4.69) is 196 Å². The Bertz CT molecular complexity index is 2350. The molecule has 1 nitrogen and oxygen atoms in total. The summed E-state index contributed by atoms with van der Waals surface area (Å²) in [6.07, 6.45) is 0. The Kier molecular flexibility index (Phi) is 7.67. The van der Waals surface area contributed by atoms with E-state index in [-0.39, 0.29) is 5.41 Å². The van der Waals surface area contributed by atoms with E-state index in [0.29, 0.717) is 0 Å². The molecule has 0 saturated heterocycles. The van der Waals surface area contributed by atoms with Crippen LogP contribution in [0.15, 0.2) is 170 Å². The van der Waals surface area contributed by atoms with E-state index in [1.54, 1.807) is 0 Å². The maximum absolute atomic E-state index is 2.48. The van der Waals surface area contributed by atoms with Crippen molar-refractivity contribution in [3.8, 4) is 33.4 Å². The standard InChI is InChI=1S/C46H37NS/c1-46(2,3)45-41(35-19-11-6-12-20-35)29-36(33-17-9-5-10-18-33)30-42(45)47(37-25-23-34(24-26-37)32-15-7-4-8-16-32)38-27-28-40-39-21-13-14-22-43(39)48-44(40)31-38/h4-31H,1-3H3. The molecule has 0 unspecified atom stereocenters. The van der Waals surface area contributed by atoms with Gasteiger partial charge >= 0.3 is 0 Å². The van der Waals surface area contributed by atoms with Crippen LogP contribution in [-0.2, 0) is 5.41 Å². The summed E-state index contributed by atoms with van der Waals surface area (Å²) in [6, 6.07) is 61.9. The Morgan fingerprint density at radius 2 is 0.938 bits per heavy atom. The average Bonchev–Trinajstić information content (AvgIpc) is 3.50. The van der Waals surface area contributed by atoms with Crippen LogP contribution in [0, 0.1) is 0 Å². The van der Waals surface area contributed by atoms with Crippen LogP contribution in [0.3, 0.4) is 0 Å². The molecule has 0 aliphatic heterocycles. The molecular weight excluding hydrogens is 599 g/mol. The second-order valence-corrected chi connectivity index (χ2v) is 14.5. The second kappa shape index (κ2) is 12.3. The zero-order chi connectivity index (χ0) is 32.7. The Morgan fingerprint density at radius 1 is 0.417 bits per heavy atom. The van der Waals surface area contributed by atoms with Crippen LogP contribution in [0.2, 0.25) is 0 Å². The highest BCUT2D eigenvalue weighted by Crippen LogP contribution is 2.48. The summed E-state index contributed by atoms with van der Waals surface area (Å²) in [6.45, 7) is 7.02. The first-order valence-electron chi connectivity index (χ1n) is 16.6. The van der Waals surface area contributed by atoms with Gasteiger partial charge in [-0.15, -0.1) is 11.3 Å². The summed E-state index contributed by atoms with van der Waals surface area (Å²) in [5, 5.41) is 2.62. The maximum Gasteiger partial charge on any atom is 0.0511 e. The molecule has 0 N–H and O–H groups in total. The number of nitrogens with zero attached hydrogens (tertiary/aromatic N) is 1. The molecule has 7 aromatic carbocycles. The number of thiophene rings is 1. The van der Waals surface area contributed by atoms with Crippen molar-refractivity contribution in [1.29, 1.82) is 0 Å². The number of hydrogen-bond donors (Lipinski definition) is 0. The van der Waals surface area contributed by atoms with Gasteiger partial charge in [0.15, 0.2) is 0 Å². The number of benzene rings is 7. The lowest BCUT2D eigenvalue weighted by atomic mass is 9.78. The molecule has 48 heavy (non-hydrogen) atoms. The molecular formula is C46H37NS. The van der Waals surface area contributed by atoms with E-state index in [1.807, 2.05) is 11.3 Å². The van der Waals surface area contributed by atoms with Crippen LogP contribution >= 0.6 is 11.3 Å². The predicted octanol–water partition coefficient (Wildman–Crippen LogP) is 13.8. The third kappa shape index (κ3) is 5.59. The first-order valence-corrected chi connectivity index (χ1v) is 17.4. The van der Waals surface area contributed by atoms with E-state index in [1.165, 1.54) is 64.8 Å². The SMILES string of the molecule is CC(C)(C)c1c(-c2ccccc2)cc(-c2ccccc2)cc1N(c1ccc(-c2ccccc2)cc1)c1ccc2c(c1)sc1ccccc12. The normalized spacial score (nSPS) is 11.6. The van der Waals surface area contributed by atoms with Crippen molar-refractivity contribution in [1.82, 2.24) is 0 Å². The van der Waals surface area contributed by atoms with Crippen LogP contribution in [-0.4, -0.2) is 0 Å². The molecule has 0 fully saturated rings. The minimum absolute atomic E-state index is 0.153. The lowest BCUT2D eigenvalue weighted by molar-refractivity contribution is 0.593. The molecule has 0 aliphatic carbocycles. The summed E-state index contributed by atoms with van der Waals surface area (Å²) in [7, 11) is 0. The smallest absolute Gasteiger partial charge is 0.0511 e. The lowest BCUT2D eigenvalue weighted by Crippen LogP contribution is -2.20.